The van der Waals surface area contributed by atoms with E-state index in [-0.39, 0.29) is 11.5 Å². The maximum Gasteiger partial charge on any atom is 0.217 e. The summed E-state index contributed by atoms with van der Waals surface area (Å²) in [6.45, 7) is 20.2. The summed E-state index contributed by atoms with van der Waals surface area (Å²) in [5.41, 5.74) is 16.2. The summed E-state index contributed by atoms with van der Waals surface area (Å²) in [6, 6.07) is 36.4. The van der Waals surface area contributed by atoms with E-state index in [1.165, 1.54) is 66.0 Å². The fourth-order valence-electron chi connectivity index (χ4n) is 9.71. The lowest BCUT2D eigenvalue weighted by Gasteiger charge is -2.43. The second-order valence-corrected chi connectivity index (χ2v) is 17.5. The van der Waals surface area contributed by atoms with Crippen LogP contribution in [-0.4, -0.2) is 26.1 Å². The highest BCUT2D eigenvalue weighted by atomic mass is 16.5. The summed E-state index contributed by atoms with van der Waals surface area (Å²) in [4.78, 5) is 10.5. The first-order chi connectivity index (χ1) is 26.3. The molecule has 0 fully saturated rings. The predicted octanol–water partition coefficient (Wildman–Crippen LogP) is 12.4. The van der Waals surface area contributed by atoms with Gasteiger partial charge in [0, 0.05) is 44.7 Å². The second kappa shape index (κ2) is 11.7. The number of aryl methyl sites for hydroxylation is 4. The molecule has 1 aliphatic heterocycles. The number of hydrogen-bond donors (Lipinski definition) is 0. The molecule has 5 heteroatoms. The molecule has 5 aromatic carbocycles. The molecule has 5 nitrogen and oxygen atoms in total. The molecule has 0 spiro atoms. The molecule has 274 valence electrons. The molecule has 2 atom stereocenters. The van der Waals surface area contributed by atoms with Crippen LogP contribution in [0.5, 0.6) is 0 Å². The molecule has 0 bridgehead atoms. The summed E-state index contributed by atoms with van der Waals surface area (Å²) in [7, 11) is 0. The standard InChI is InChI=1S/C50H48N4O/c1-28(2)33-14-19-42-39(24-33)36-11-10-20-51-47(36)53(42)34-15-16-35-38-21-29(3)13-18-43(38)54(45(35)25-34)44-26-37(31(5)23-32(44)6)48-52-50(9)40-17-12-30(4)22-41(40)49(7,8)27-46(50)55-48/h10-26,28,46H,27H2,1-9H3/t46-,50+/m0/s1. The van der Waals surface area contributed by atoms with E-state index in [2.05, 4.69) is 162 Å². The Hall–Kier alpha value is -5.68. The third-order valence-corrected chi connectivity index (χ3v) is 12.8. The van der Waals surface area contributed by atoms with Crippen molar-refractivity contribution >= 4 is 49.6 Å². The van der Waals surface area contributed by atoms with E-state index < -0.39 is 5.54 Å². The van der Waals surface area contributed by atoms with Gasteiger partial charge in [0.05, 0.1) is 16.6 Å². The zero-order chi connectivity index (χ0) is 38.1. The van der Waals surface area contributed by atoms with E-state index in [1.54, 1.807) is 0 Å². The van der Waals surface area contributed by atoms with Gasteiger partial charge in [0.1, 0.15) is 17.3 Å². The average Bonchev–Trinajstić information content (AvgIpc) is 3.78. The third-order valence-electron chi connectivity index (χ3n) is 12.8. The van der Waals surface area contributed by atoms with Crippen molar-refractivity contribution in [2.75, 3.05) is 0 Å². The van der Waals surface area contributed by atoms with Crippen molar-refractivity contribution in [3.8, 4) is 11.4 Å². The minimum absolute atomic E-state index is 0.00854. The van der Waals surface area contributed by atoms with Gasteiger partial charge >= 0.3 is 0 Å². The number of benzene rings is 5. The molecule has 0 radical (unpaired) electrons. The first-order valence-corrected chi connectivity index (χ1v) is 19.8. The van der Waals surface area contributed by atoms with Crippen molar-refractivity contribution in [2.24, 2.45) is 4.99 Å². The molecule has 0 N–H and O–H groups in total. The van der Waals surface area contributed by atoms with E-state index in [9.17, 15) is 0 Å². The van der Waals surface area contributed by atoms with Crippen molar-refractivity contribution in [1.82, 2.24) is 14.1 Å². The van der Waals surface area contributed by atoms with Crippen LogP contribution in [0.25, 0.3) is 55.1 Å². The van der Waals surface area contributed by atoms with Gasteiger partial charge in [0.25, 0.3) is 0 Å². The van der Waals surface area contributed by atoms with Gasteiger partial charge in [0.2, 0.25) is 5.90 Å². The van der Waals surface area contributed by atoms with E-state index >= 15 is 0 Å². The van der Waals surface area contributed by atoms with Crippen molar-refractivity contribution in [3.05, 3.63) is 148 Å². The third kappa shape index (κ3) is 4.91. The highest BCUT2D eigenvalue weighted by molar-refractivity contribution is 6.12. The Bertz CT molecular complexity index is 2960. The van der Waals surface area contributed by atoms with Crippen LogP contribution in [0.3, 0.4) is 0 Å². The lowest BCUT2D eigenvalue weighted by atomic mass is 9.64. The zero-order valence-electron chi connectivity index (χ0n) is 33.4. The van der Waals surface area contributed by atoms with Crippen LogP contribution in [0, 0.1) is 27.7 Å². The number of hydrogen-bond acceptors (Lipinski definition) is 3. The Labute approximate surface area is 323 Å². The number of nitrogens with zero attached hydrogens (tertiary/aromatic N) is 4. The minimum atomic E-state index is -0.447. The Morgan fingerprint density at radius 3 is 2.24 bits per heavy atom. The smallest absolute Gasteiger partial charge is 0.217 e. The van der Waals surface area contributed by atoms with Gasteiger partial charge in [0.15, 0.2) is 0 Å². The summed E-state index contributed by atoms with van der Waals surface area (Å²) in [5, 5.41) is 4.87. The lowest BCUT2D eigenvalue weighted by molar-refractivity contribution is 0.0971. The van der Waals surface area contributed by atoms with Gasteiger partial charge in [-0.15, -0.1) is 0 Å². The first-order valence-electron chi connectivity index (χ1n) is 19.8. The monoisotopic (exact) mass is 720 g/mol. The molecule has 1 aliphatic carbocycles. The van der Waals surface area contributed by atoms with Gasteiger partial charge in [-0.1, -0.05) is 81.3 Å². The van der Waals surface area contributed by atoms with Gasteiger partial charge in [-0.2, -0.15) is 0 Å². The summed E-state index contributed by atoms with van der Waals surface area (Å²) >= 11 is 0. The van der Waals surface area contributed by atoms with E-state index in [0.29, 0.717) is 5.92 Å². The number of pyridine rings is 1. The van der Waals surface area contributed by atoms with Crippen LogP contribution in [0.1, 0.15) is 91.5 Å². The predicted molar refractivity (Wildman–Crippen MR) is 229 cm³/mol. The van der Waals surface area contributed by atoms with Crippen LogP contribution in [-0.2, 0) is 15.7 Å². The van der Waals surface area contributed by atoms with Gasteiger partial charge in [-0.05, 0) is 135 Å². The molecule has 2 aliphatic rings. The Balaban J connectivity index is 1.19. The number of fused-ring (bicyclic) bond motifs is 9. The molecule has 0 saturated heterocycles. The van der Waals surface area contributed by atoms with Crippen LogP contribution >= 0.6 is 0 Å². The number of rotatable bonds is 4. The summed E-state index contributed by atoms with van der Waals surface area (Å²) in [6.07, 6.45) is 2.78. The first kappa shape index (κ1) is 33.9. The van der Waals surface area contributed by atoms with Gasteiger partial charge < -0.3 is 9.30 Å². The largest absolute Gasteiger partial charge is 0.471 e. The van der Waals surface area contributed by atoms with Gasteiger partial charge in [-0.3, -0.25) is 4.57 Å². The fraction of sp³-hybridized carbons (Fsp3) is 0.280. The van der Waals surface area contributed by atoms with Crippen LogP contribution in [0.2, 0.25) is 0 Å². The molecule has 8 aromatic rings. The SMILES string of the molecule is Cc1ccc2c(c1)C(C)(C)C[C@@H]1OC(c3cc(-n4c5ccc(C)cc5c5ccc(-n6c7ccc(C(C)C)cc7c7cccnc76)cc54)c(C)cc3C)=N[C@]21C. The Morgan fingerprint density at radius 1 is 0.673 bits per heavy atom. The number of ether oxygens (including phenoxy) is 1. The van der Waals surface area contributed by atoms with Crippen molar-refractivity contribution in [2.45, 2.75) is 91.7 Å². The van der Waals surface area contributed by atoms with Crippen molar-refractivity contribution in [3.63, 3.8) is 0 Å². The Morgan fingerprint density at radius 2 is 1.42 bits per heavy atom. The van der Waals surface area contributed by atoms with Gasteiger partial charge in [-0.25, -0.2) is 9.98 Å². The molecule has 10 rings (SSSR count). The highest BCUT2D eigenvalue weighted by Gasteiger charge is 2.52. The molecule has 0 unspecified atom stereocenters. The molecule has 4 heterocycles. The van der Waals surface area contributed by atoms with Crippen molar-refractivity contribution < 1.29 is 4.74 Å². The Kier molecular flexibility index (Phi) is 7.18. The van der Waals surface area contributed by atoms with Crippen LogP contribution in [0.4, 0.5) is 0 Å². The maximum atomic E-state index is 6.96. The summed E-state index contributed by atoms with van der Waals surface area (Å²) < 4.78 is 11.8. The summed E-state index contributed by atoms with van der Waals surface area (Å²) in [5.74, 6) is 1.18. The maximum absolute atomic E-state index is 6.96. The molecule has 0 amide bonds. The fourth-order valence-corrected chi connectivity index (χ4v) is 9.71. The second-order valence-electron chi connectivity index (χ2n) is 17.5. The topological polar surface area (TPSA) is 44.3 Å². The van der Waals surface area contributed by atoms with Crippen LogP contribution in [0.15, 0.2) is 108 Å². The molecular formula is C50H48N4O. The number of aliphatic imine (C=N–C) groups is 1. The van der Waals surface area contributed by atoms with Crippen molar-refractivity contribution in [1.29, 1.82) is 0 Å². The average molecular weight is 721 g/mol. The molecule has 3 aromatic heterocycles. The molecule has 55 heavy (non-hydrogen) atoms. The molecule has 0 saturated carbocycles. The van der Waals surface area contributed by atoms with E-state index in [4.69, 9.17) is 14.7 Å². The molecular weight excluding hydrogens is 673 g/mol. The van der Waals surface area contributed by atoms with E-state index in [0.717, 1.165) is 45.9 Å². The van der Waals surface area contributed by atoms with Crippen LogP contribution < -0.4 is 0 Å². The quantitative estimate of drug-likeness (QED) is 0.182. The normalized spacial score (nSPS) is 19.0. The number of aromatic nitrogens is 3. The highest BCUT2D eigenvalue weighted by Crippen LogP contribution is 2.51. The minimum Gasteiger partial charge on any atom is -0.471 e. The van der Waals surface area contributed by atoms with E-state index in [1.807, 2.05) is 12.3 Å². The lowest BCUT2D eigenvalue weighted by Crippen LogP contribution is -2.44. The zero-order valence-corrected chi connectivity index (χ0v) is 33.4.